The highest BCUT2D eigenvalue weighted by molar-refractivity contribution is 9.10. The summed E-state index contributed by atoms with van der Waals surface area (Å²) < 4.78 is 19.2. The second-order valence-corrected chi connectivity index (χ2v) is 5.37. The minimum absolute atomic E-state index is 0.132. The maximum absolute atomic E-state index is 13.2. The third-order valence-electron chi connectivity index (χ3n) is 1.89. The maximum Gasteiger partial charge on any atom is 0.139 e. The molecule has 0 fully saturated rings. The SMILES string of the molecule is CC(C)(C)OCCNc1ccc(Br)c(F)c1. The molecule has 0 aromatic heterocycles. The average molecular weight is 290 g/mol. The largest absolute Gasteiger partial charge is 0.383 e. The molecule has 0 unspecified atom stereocenters. The van der Waals surface area contributed by atoms with Crippen LogP contribution >= 0.6 is 15.9 Å². The van der Waals surface area contributed by atoms with Gasteiger partial charge in [-0.3, -0.25) is 0 Å². The van der Waals surface area contributed by atoms with Gasteiger partial charge < -0.3 is 10.1 Å². The lowest BCUT2D eigenvalue weighted by molar-refractivity contribution is 0.00333. The highest BCUT2D eigenvalue weighted by Crippen LogP contribution is 2.19. The van der Waals surface area contributed by atoms with Crippen molar-refractivity contribution >= 4 is 21.6 Å². The molecule has 0 saturated carbocycles. The number of nitrogens with one attached hydrogen (secondary N) is 1. The van der Waals surface area contributed by atoms with Gasteiger partial charge in [0.15, 0.2) is 0 Å². The summed E-state index contributed by atoms with van der Waals surface area (Å²) in [5, 5.41) is 3.10. The molecule has 0 amide bonds. The van der Waals surface area contributed by atoms with Crippen LogP contribution in [-0.2, 0) is 4.74 Å². The molecule has 1 rings (SSSR count). The molecule has 0 saturated heterocycles. The number of benzene rings is 1. The Bertz CT molecular complexity index is 349. The number of rotatable bonds is 4. The Hall–Kier alpha value is -0.610. The van der Waals surface area contributed by atoms with Crippen LogP contribution in [-0.4, -0.2) is 18.8 Å². The third kappa shape index (κ3) is 4.94. The smallest absolute Gasteiger partial charge is 0.139 e. The first-order chi connectivity index (χ1) is 7.38. The molecule has 16 heavy (non-hydrogen) atoms. The van der Waals surface area contributed by atoms with Gasteiger partial charge in [0.25, 0.3) is 0 Å². The molecule has 0 bridgehead atoms. The van der Waals surface area contributed by atoms with E-state index in [1.165, 1.54) is 6.07 Å². The van der Waals surface area contributed by atoms with Crippen molar-refractivity contribution in [1.29, 1.82) is 0 Å². The standard InChI is InChI=1S/C12H17BrFNO/c1-12(2,3)16-7-6-15-9-4-5-10(13)11(14)8-9/h4-5,8,15H,6-7H2,1-3H3. The predicted molar refractivity (Wildman–Crippen MR) is 68.3 cm³/mol. The zero-order valence-electron chi connectivity index (χ0n) is 9.81. The molecular formula is C12H17BrFNO. The van der Waals surface area contributed by atoms with E-state index in [9.17, 15) is 4.39 Å². The first-order valence-corrected chi connectivity index (χ1v) is 6.01. The molecule has 0 aliphatic rings. The number of halogens is 2. The lowest BCUT2D eigenvalue weighted by Crippen LogP contribution is -2.23. The maximum atomic E-state index is 13.2. The monoisotopic (exact) mass is 289 g/mol. The molecule has 1 N–H and O–H groups in total. The van der Waals surface area contributed by atoms with Gasteiger partial charge in [0.1, 0.15) is 5.82 Å². The molecule has 1 aromatic carbocycles. The van der Waals surface area contributed by atoms with Crippen LogP contribution in [0.5, 0.6) is 0 Å². The number of hydrogen-bond acceptors (Lipinski definition) is 2. The van der Waals surface area contributed by atoms with Crippen molar-refractivity contribution in [2.75, 3.05) is 18.5 Å². The molecule has 0 aliphatic carbocycles. The fraction of sp³-hybridized carbons (Fsp3) is 0.500. The van der Waals surface area contributed by atoms with E-state index in [1.807, 2.05) is 26.8 Å². The number of ether oxygens (including phenoxy) is 1. The van der Waals surface area contributed by atoms with E-state index in [0.29, 0.717) is 17.6 Å². The van der Waals surface area contributed by atoms with Gasteiger partial charge in [-0.1, -0.05) is 0 Å². The van der Waals surface area contributed by atoms with Gasteiger partial charge in [-0.25, -0.2) is 4.39 Å². The first kappa shape index (κ1) is 13.5. The van der Waals surface area contributed by atoms with Crippen LogP contribution in [0.4, 0.5) is 10.1 Å². The topological polar surface area (TPSA) is 21.3 Å². The third-order valence-corrected chi connectivity index (χ3v) is 2.53. The second-order valence-electron chi connectivity index (χ2n) is 4.52. The average Bonchev–Trinajstić information content (AvgIpc) is 2.17. The molecule has 4 heteroatoms. The van der Waals surface area contributed by atoms with Crippen molar-refractivity contribution in [3.8, 4) is 0 Å². The van der Waals surface area contributed by atoms with Gasteiger partial charge in [0.2, 0.25) is 0 Å². The van der Waals surface area contributed by atoms with E-state index in [2.05, 4.69) is 21.2 Å². The van der Waals surface area contributed by atoms with E-state index in [1.54, 1.807) is 6.07 Å². The molecule has 1 aromatic rings. The normalized spacial score (nSPS) is 11.6. The van der Waals surface area contributed by atoms with Crippen molar-refractivity contribution in [2.24, 2.45) is 0 Å². The second kappa shape index (κ2) is 5.64. The summed E-state index contributed by atoms with van der Waals surface area (Å²) in [6.07, 6.45) is 0. The van der Waals surface area contributed by atoms with Crippen molar-refractivity contribution in [2.45, 2.75) is 26.4 Å². The zero-order valence-corrected chi connectivity index (χ0v) is 11.4. The lowest BCUT2D eigenvalue weighted by Gasteiger charge is -2.19. The first-order valence-electron chi connectivity index (χ1n) is 5.21. The number of anilines is 1. The van der Waals surface area contributed by atoms with Crippen LogP contribution in [0.3, 0.4) is 0 Å². The molecule has 0 radical (unpaired) electrons. The van der Waals surface area contributed by atoms with Crippen LogP contribution in [0.1, 0.15) is 20.8 Å². The summed E-state index contributed by atoms with van der Waals surface area (Å²) in [4.78, 5) is 0. The van der Waals surface area contributed by atoms with Crippen LogP contribution in [0.25, 0.3) is 0 Å². The molecule has 2 nitrogen and oxygen atoms in total. The lowest BCUT2D eigenvalue weighted by atomic mass is 10.2. The highest BCUT2D eigenvalue weighted by atomic mass is 79.9. The Morgan fingerprint density at radius 1 is 1.38 bits per heavy atom. The Kier molecular flexibility index (Phi) is 4.74. The van der Waals surface area contributed by atoms with Gasteiger partial charge >= 0.3 is 0 Å². The summed E-state index contributed by atoms with van der Waals surface area (Å²) in [5.41, 5.74) is 0.630. The van der Waals surface area contributed by atoms with E-state index in [-0.39, 0.29) is 11.4 Å². The van der Waals surface area contributed by atoms with E-state index >= 15 is 0 Å². The molecule has 0 heterocycles. The van der Waals surface area contributed by atoms with Gasteiger partial charge in [-0.05, 0) is 54.9 Å². The van der Waals surface area contributed by atoms with Crippen molar-refractivity contribution in [1.82, 2.24) is 0 Å². The fourth-order valence-corrected chi connectivity index (χ4v) is 1.41. The minimum Gasteiger partial charge on any atom is -0.383 e. The molecular weight excluding hydrogens is 273 g/mol. The Balaban J connectivity index is 2.35. The minimum atomic E-state index is -0.262. The summed E-state index contributed by atoms with van der Waals surface area (Å²) in [6.45, 7) is 7.28. The van der Waals surface area contributed by atoms with Crippen LogP contribution < -0.4 is 5.32 Å². The fourth-order valence-electron chi connectivity index (χ4n) is 1.16. The Labute approximate surface area is 104 Å². The Morgan fingerprint density at radius 3 is 2.62 bits per heavy atom. The Morgan fingerprint density at radius 2 is 2.06 bits per heavy atom. The summed E-state index contributed by atoms with van der Waals surface area (Å²) >= 11 is 3.11. The van der Waals surface area contributed by atoms with Crippen molar-refractivity contribution in [3.63, 3.8) is 0 Å². The van der Waals surface area contributed by atoms with E-state index in [0.717, 1.165) is 5.69 Å². The van der Waals surface area contributed by atoms with Gasteiger partial charge in [0, 0.05) is 12.2 Å². The van der Waals surface area contributed by atoms with Gasteiger partial charge in [0.05, 0.1) is 16.7 Å². The van der Waals surface area contributed by atoms with Crippen LogP contribution in [0, 0.1) is 5.82 Å². The van der Waals surface area contributed by atoms with E-state index < -0.39 is 0 Å². The summed E-state index contributed by atoms with van der Waals surface area (Å²) in [5.74, 6) is -0.262. The molecule has 90 valence electrons. The van der Waals surface area contributed by atoms with E-state index in [4.69, 9.17) is 4.74 Å². The van der Waals surface area contributed by atoms with Crippen LogP contribution in [0.2, 0.25) is 0 Å². The van der Waals surface area contributed by atoms with Crippen LogP contribution in [0.15, 0.2) is 22.7 Å². The van der Waals surface area contributed by atoms with Crippen molar-refractivity contribution in [3.05, 3.63) is 28.5 Å². The quantitative estimate of drug-likeness (QED) is 0.851. The van der Waals surface area contributed by atoms with Crippen molar-refractivity contribution < 1.29 is 9.13 Å². The molecule has 0 atom stereocenters. The van der Waals surface area contributed by atoms with Gasteiger partial charge in [-0.15, -0.1) is 0 Å². The zero-order chi connectivity index (χ0) is 12.2. The summed E-state index contributed by atoms with van der Waals surface area (Å²) in [7, 11) is 0. The van der Waals surface area contributed by atoms with Gasteiger partial charge in [-0.2, -0.15) is 0 Å². The highest BCUT2D eigenvalue weighted by Gasteiger charge is 2.08. The summed E-state index contributed by atoms with van der Waals surface area (Å²) in [6, 6.07) is 4.97. The predicted octanol–water partition coefficient (Wildman–Crippen LogP) is 3.82. The molecule has 0 aliphatic heterocycles. The number of hydrogen-bond donors (Lipinski definition) is 1. The molecule has 0 spiro atoms.